The molecule has 27 nitrogen and oxygen atoms in total. The first kappa shape index (κ1) is 110. The molecule has 4 saturated heterocycles. The van der Waals surface area contributed by atoms with E-state index in [1.54, 1.807) is 116 Å². The van der Waals surface area contributed by atoms with Crippen molar-refractivity contribution in [2.45, 2.75) is 160 Å². The quantitative estimate of drug-likeness (QED) is 0.0120. The summed E-state index contributed by atoms with van der Waals surface area (Å²) in [5.74, 6) is -2.56. The number of benzene rings is 10. The molecule has 6 heterocycles. The van der Waals surface area contributed by atoms with Crippen LogP contribution in [0.15, 0.2) is 260 Å². The van der Waals surface area contributed by atoms with E-state index in [-0.39, 0.29) is 62.4 Å². The van der Waals surface area contributed by atoms with E-state index in [2.05, 4.69) is 73.7 Å². The number of sulfonamides is 2. The minimum absolute atomic E-state index is 0.0303. The number of rotatable bonds is 37. The Kier molecular flexibility index (Phi) is 36.0. The summed E-state index contributed by atoms with van der Waals surface area (Å²) in [4.78, 5) is 50.4. The monoisotopic (exact) mass is 2150 g/mol. The highest BCUT2D eigenvalue weighted by molar-refractivity contribution is 7.99. The van der Waals surface area contributed by atoms with Crippen molar-refractivity contribution in [3.05, 3.63) is 275 Å². The number of carboxylic acids is 1. The molecule has 2 aromatic heterocycles. The number of aryl methyl sites for hydroxylation is 2. The van der Waals surface area contributed by atoms with Crippen molar-refractivity contribution >= 4 is 150 Å². The van der Waals surface area contributed by atoms with Gasteiger partial charge in [0.05, 0.1) is 37.5 Å². The Morgan fingerprint density at radius 3 is 1.11 bits per heavy atom. The molecule has 16 rings (SSSR count). The maximum atomic E-state index is 15.8. The van der Waals surface area contributed by atoms with Crippen LogP contribution in [0.1, 0.15) is 101 Å². The summed E-state index contributed by atoms with van der Waals surface area (Å²) in [5, 5.41) is 17.4. The van der Waals surface area contributed by atoms with Gasteiger partial charge in [0.1, 0.15) is 23.8 Å². The number of carboxylic acid groups (broad SMARTS) is 1. The number of hydrogen-bond donors (Lipinski definition) is 6. The van der Waals surface area contributed by atoms with Crippen LogP contribution in [0, 0.1) is 39.3 Å². The number of hydrogen-bond acceptors (Lipinski definition) is 24. The predicted molar refractivity (Wildman–Crippen MR) is 589 cm³/mol. The first-order valence-electron chi connectivity index (χ1n) is 49.3. The molecule has 780 valence electrons. The number of piperazine rings is 2. The first-order chi connectivity index (χ1) is 70.1. The first-order valence-corrected chi connectivity index (χ1v) is 58.8. The van der Waals surface area contributed by atoms with Crippen LogP contribution in [-0.4, -0.2) is 222 Å². The zero-order chi connectivity index (χ0) is 105. The summed E-state index contributed by atoms with van der Waals surface area (Å²) in [6.07, 6.45) is 6.20. The van der Waals surface area contributed by atoms with Crippen molar-refractivity contribution < 1.29 is 71.4 Å². The topological polar surface area (TPSA) is 330 Å². The SMILES string of the molecule is Cc1cc(S(=O)(=O)Nc2ccc(N3CCN(c4cc(F)cc(-c5c(S(C)(=O)=O)c(C)n(C(C)C)c5-c5ccc(Cl)cc5)c4)CC3)cc2)ccc1N[C@H](CCN1CCC(OC(=O)C(=O)O)CC1)CSc1ccccc1.Cc1cc(S(=O)(=O)Nc2ccc(N3CCN(c4cc(F)cc(-c5c(S(C)(=O)=O)c(C)n(C(C)C)c5-c5ccc(Cl)cc5)c4)CC3)cc2)ccc1N[C@H](CCN1CCC(OC(=O)CN)CC1)CSc1ccccc1. The molecular weight excluding hydrogens is 2030 g/mol. The second kappa shape index (κ2) is 48.3. The molecule has 0 bridgehead atoms. The Morgan fingerprint density at radius 2 is 0.782 bits per heavy atom. The van der Waals surface area contributed by atoms with Crippen LogP contribution < -0.4 is 45.4 Å². The second-order valence-corrected chi connectivity index (χ2v) is 48.7. The van der Waals surface area contributed by atoms with Gasteiger partial charge in [0.25, 0.3) is 20.0 Å². The van der Waals surface area contributed by atoms with E-state index in [0.29, 0.717) is 156 Å². The average molecular weight is 2160 g/mol. The number of carbonyl (C=O) groups is 3. The third-order valence-electron chi connectivity index (χ3n) is 27.1. The van der Waals surface area contributed by atoms with Crippen LogP contribution in [0.4, 0.5) is 54.3 Å². The van der Waals surface area contributed by atoms with Gasteiger partial charge in [-0.1, -0.05) is 83.9 Å². The summed E-state index contributed by atoms with van der Waals surface area (Å²) in [5.41, 5.74) is 18.6. The lowest BCUT2D eigenvalue weighted by Gasteiger charge is -2.37. The van der Waals surface area contributed by atoms with Gasteiger partial charge in [-0.05, 0) is 297 Å². The molecule has 0 saturated carbocycles. The molecule has 2 atom stereocenters. The number of nitrogens with one attached hydrogen (secondary N) is 4. The normalized spacial score (nSPS) is 15.4. The maximum Gasteiger partial charge on any atom is 0.417 e. The number of thioether (sulfide) groups is 2. The van der Waals surface area contributed by atoms with Crippen molar-refractivity contribution in [2.24, 2.45) is 5.73 Å². The van der Waals surface area contributed by atoms with Gasteiger partial charge in [-0.2, -0.15) is 0 Å². The van der Waals surface area contributed by atoms with Gasteiger partial charge < -0.3 is 69.5 Å². The molecule has 4 aliphatic rings. The fraction of sp³-hybridized carbons (Fsp3) is 0.355. The standard InChI is InChI=1S/C55H65ClFN7O6S3.C55H62ClFN6O8S3/c1-37(2)64-39(4)55(72(5,66)67)53(54(64)40-11-13-42(56)14-12-40)41-32-43(57)34-47(33-41)63-29-27-62(28-30-63)46-17-15-44(16-18-46)60-73(68,69)50-19-20-51(38(3)31-50)59-45(36-71-49-9-7-6-8-10-49)21-24-61-25-22-48(23-26-61)70-52(65)35-58;1-36(2)63-38(4)53(73(5,67)68)51(52(63)39-11-13-41(56)14-12-39)40-32-42(57)34-46(33-40)62-29-27-61(28-30-62)45-17-15-43(16-18-45)59-74(69,70)49-19-20-50(37(3)31-49)58-44(35-72-48-9-7-6-8-10-48)21-24-60-25-22-47(23-26-60)71-55(66)54(64)65/h6-20,31-34,37,45,48,59-60H,21-30,35-36,58H2,1-5H3;6-20,31-34,36,44,47,58-59H,21-30,35H2,1-5H3,(H,64,65)/t45-;44-/m11/s1. The lowest BCUT2D eigenvalue weighted by atomic mass is 9.99. The lowest BCUT2D eigenvalue weighted by Crippen LogP contribution is -2.46. The summed E-state index contributed by atoms with van der Waals surface area (Å²) in [6.45, 7) is 24.6. The molecule has 0 radical (unpaired) electrons. The third-order valence-corrected chi connectivity index (χ3v) is 35.2. The van der Waals surface area contributed by atoms with Gasteiger partial charge in [-0.3, -0.25) is 14.2 Å². The van der Waals surface area contributed by atoms with Gasteiger partial charge in [-0.25, -0.2) is 52.0 Å². The molecular formula is C110H127Cl2F2N13O14S6. The van der Waals surface area contributed by atoms with E-state index in [0.717, 1.165) is 113 Å². The number of anilines is 8. The Balaban J connectivity index is 0.000000220. The number of ether oxygens (including phenoxy) is 2. The molecule has 0 aliphatic carbocycles. The highest BCUT2D eigenvalue weighted by Crippen LogP contribution is 2.48. The average Bonchev–Trinajstić information content (AvgIpc) is 1.58. The number of halogens is 4. The number of aromatic nitrogens is 2. The number of nitrogens with zero attached hydrogens (tertiary/aromatic N) is 8. The molecule has 147 heavy (non-hydrogen) atoms. The summed E-state index contributed by atoms with van der Waals surface area (Å²) in [7, 11) is -15.4. The molecule has 10 aromatic carbocycles. The van der Waals surface area contributed by atoms with Crippen LogP contribution in [0.25, 0.3) is 44.8 Å². The highest BCUT2D eigenvalue weighted by atomic mass is 35.5. The van der Waals surface area contributed by atoms with Crippen molar-refractivity contribution in [1.29, 1.82) is 0 Å². The largest absolute Gasteiger partial charge is 0.473 e. The molecule has 37 heteroatoms. The van der Waals surface area contributed by atoms with E-state index in [1.165, 1.54) is 41.7 Å². The number of nitrogens with two attached hydrogens (primary N) is 1. The number of aliphatic carboxylic acids is 1. The zero-order valence-corrected chi connectivity index (χ0v) is 90.4. The fourth-order valence-corrected chi connectivity index (χ4v) is 26.8. The minimum Gasteiger partial charge on any atom is -0.473 e. The number of likely N-dealkylation sites (tertiary alicyclic amines) is 2. The Morgan fingerprint density at radius 1 is 0.435 bits per heavy atom. The third kappa shape index (κ3) is 27.9. The summed E-state index contributed by atoms with van der Waals surface area (Å²) in [6, 6.07) is 69.1. The van der Waals surface area contributed by atoms with Crippen LogP contribution in [-0.2, 0) is 63.6 Å². The predicted octanol–water partition coefficient (Wildman–Crippen LogP) is 20.7. The van der Waals surface area contributed by atoms with Crippen LogP contribution in [0.5, 0.6) is 0 Å². The maximum absolute atomic E-state index is 15.8. The summed E-state index contributed by atoms with van der Waals surface area (Å²) >= 11 is 16.0. The van der Waals surface area contributed by atoms with E-state index in [9.17, 15) is 48.1 Å². The van der Waals surface area contributed by atoms with Gasteiger partial charge in [0.15, 0.2) is 19.7 Å². The van der Waals surface area contributed by atoms with E-state index in [1.807, 2.05) is 154 Å². The van der Waals surface area contributed by atoms with Crippen molar-refractivity contribution in [2.75, 3.05) is 162 Å². The number of sulfone groups is 2. The smallest absolute Gasteiger partial charge is 0.417 e. The molecule has 0 spiro atoms. The number of carbonyl (C=O) groups excluding carboxylic acids is 2. The van der Waals surface area contributed by atoms with Gasteiger partial charge in [-0.15, -0.1) is 23.5 Å². The van der Waals surface area contributed by atoms with Gasteiger partial charge in [0, 0.05) is 228 Å². The minimum atomic E-state index is -3.95. The Labute approximate surface area is 880 Å². The molecule has 4 aliphatic heterocycles. The Hall–Kier alpha value is -11.6. The molecule has 7 N–H and O–H groups in total. The lowest BCUT2D eigenvalue weighted by molar-refractivity contribution is -0.168. The molecule has 0 amide bonds. The van der Waals surface area contributed by atoms with Gasteiger partial charge in [0.2, 0.25) is 0 Å². The van der Waals surface area contributed by atoms with E-state index in [4.69, 9.17) is 43.5 Å². The van der Waals surface area contributed by atoms with Crippen molar-refractivity contribution in [3.63, 3.8) is 0 Å². The molecule has 4 fully saturated rings. The van der Waals surface area contributed by atoms with E-state index >= 15 is 8.78 Å². The van der Waals surface area contributed by atoms with E-state index < -0.39 is 69.4 Å². The van der Waals surface area contributed by atoms with Crippen LogP contribution >= 0.6 is 46.7 Å². The van der Waals surface area contributed by atoms with Crippen molar-refractivity contribution in [1.82, 2.24) is 18.9 Å². The van der Waals surface area contributed by atoms with Gasteiger partial charge >= 0.3 is 17.9 Å². The highest BCUT2D eigenvalue weighted by Gasteiger charge is 2.36. The second-order valence-electron chi connectivity index (χ2n) is 38.4. The van der Waals surface area contributed by atoms with Crippen LogP contribution in [0.2, 0.25) is 10.0 Å². The van der Waals surface area contributed by atoms with Crippen LogP contribution in [0.3, 0.4) is 0 Å². The molecule has 0 unspecified atom stereocenters. The van der Waals surface area contributed by atoms with Crippen molar-refractivity contribution in [3.8, 4) is 44.8 Å². The fourth-order valence-electron chi connectivity index (χ4n) is 19.9. The Bertz CT molecular complexity index is 7160. The zero-order valence-electron chi connectivity index (χ0n) is 84.0. The number of piperidine rings is 2. The molecule has 12 aromatic rings. The summed E-state index contributed by atoms with van der Waals surface area (Å²) < 4.78 is 161. The number of esters is 2.